The molecule has 0 fully saturated rings. The smallest absolute Gasteiger partial charge is 0.416 e. The molecule has 6 heteroatoms. The molecule has 1 N–H and O–H groups in total. The van der Waals surface area contributed by atoms with Gasteiger partial charge in [-0.05, 0) is 29.8 Å². The summed E-state index contributed by atoms with van der Waals surface area (Å²) in [4.78, 5) is 10.9. The van der Waals surface area contributed by atoms with E-state index in [2.05, 4.69) is 0 Å². The van der Waals surface area contributed by atoms with Crippen molar-refractivity contribution in [3.63, 3.8) is 0 Å². The number of nitrogens with zero attached hydrogens (tertiary/aromatic N) is 1. The first-order valence-electron chi connectivity index (χ1n) is 5.37. The van der Waals surface area contributed by atoms with E-state index in [1.165, 1.54) is 35.9 Å². The lowest BCUT2D eigenvalue weighted by Crippen LogP contribution is -2.06. The van der Waals surface area contributed by atoms with E-state index < -0.39 is 17.7 Å². The molecule has 0 amide bonds. The van der Waals surface area contributed by atoms with Gasteiger partial charge in [0.2, 0.25) is 0 Å². The number of hydrogen-bond donors (Lipinski definition) is 1. The zero-order valence-corrected chi connectivity index (χ0v) is 9.90. The number of hydrogen-bond acceptors (Lipinski definition) is 1. The second-order valence-electron chi connectivity index (χ2n) is 4.05. The van der Waals surface area contributed by atoms with Crippen LogP contribution in [0.2, 0.25) is 0 Å². The van der Waals surface area contributed by atoms with Gasteiger partial charge in [0.25, 0.3) is 0 Å². The van der Waals surface area contributed by atoms with Crippen LogP contribution in [0.5, 0.6) is 0 Å². The monoisotopic (exact) mass is 269 g/mol. The Kier molecular flexibility index (Phi) is 3.09. The van der Waals surface area contributed by atoms with E-state index in [9.17, 15) is 18.0 Å². The van der Waals surface area contributed by atoms with Crippen LogP contribution < -0.4 is 0 Å². The van der Waals surface area contributed by atoms with Crippen LogP contribution >= 0.6 is 0 Å². The van der Waals surface area contributed by atoms with E-state index in [4.69, 9.17) is 5.11 Å². The van der Waals surface area contributed by atoms with Gasteiger partial charge >= 0.3 is 12.1 Å². The van der Waals surface area contributed by atoms with Crippen LogP contribution in [0.4, 0.5) is 13.2 Å². The van der Waals surface area contributed by atoms with Crippen molar-refractivity contribution in [3.8, 4) is 11.3 Å². The summed E-state index contributed by atoms with van der Waals surface area (Å²) in [7, 11) is 1.50. The van der Waals surface area contributed by atoms with Crippen molar-refractivity contribution in [1.82, 2.24) is 4.57 Å². The Bertz CT molecular complexity index is 629. The molecule has 1 aromatic carbocycles. The molecule has 1 aromatic heterocycles. The number of aromatic carboxylic acids is 1. The Morgan fingerprint density at radius 3 is 2.42 bits per heavy atom. The molecular formula is C13H10F3NO2. The molecule has 19 heavy (non-hydrogen) atoms. The molecule has 0 unspecified atom stereocenters. The summed E-state index contributed by atoms with van der Waals surface area (Å²) in [6.07, 6.45) is -4.42. The fraction of sp³-hybridized carbons (Fsp3) is 0.154. The predicted octanol–water partition coefficient (Wildman–Crippen LogP) is 3.41. The molecule has 0 bridgehead atoms. The fourth-order valence-corrected chi connectivity index (χ4v) is 1.87. The first kappa shape index (κ1) is 13.2. The molecule has 0 atom stereocenters. The van der Waals surface area contributed by atoms with Gasteiger partial charge in [0.15, 0.2) is 0 Å². The molecule has 3 nitrogen and oxygen atoms in total. The lowest BCUT2D eigenvalue weighted by atomic mass is 10.1. The molecule has 0 aliphatic heterocycles. The maximum Gasteiger partial charge on any atom is 0.416 e. The minimum atomic E-state index is -4.42. The Labute approximate surface area is 106 Å². The summed E-state index contributed by atoms with van der Waals surface area (Å²) < 4.78 is 39.2. The maximum absolute atomic E-state index is 12.6. The van der Waals surface area contributed by atoms with Crippen LogP contribution in [-0.2, 0) is 13.2 Å². The average molecular weight is 269 g/mol. The van der Waals surface area contributed by atoms with Crippen LogP contribution in [0, 0.1) is 0 Å². The van der Waals surface area contributed by atoms with E-state index in [0.717, 1.165) is 12.1 Å². The van der Waals surface area contributed by atoms with E-state index in [1.54, 1.807) is 0 Å². The van der Waals surface area contributed by atoms with E-state index >= 15 is 0 Å². The SMILES string of the molecule is Cn1c(C(=O)O)ccc1-c1cccc(C(F)(F)F)c1. The van der Waals surface area contributed by atoms with Crippen molar-refractivity contribution in [3.05, 3.63) is 47.7 Å². The highest BCUT2D eigenvalue weighted by Crippen LogP contribution is 2.32. The van der Waals surface area contributed by atoms with Crippen molar-refractivity contribution in [2.45, 2.75) is 6.18 Å². The van der Waals surface area contributed by atoms with Crippen molar-refractivity contribution in [2.75, 3.05) is 0 Å². The van der Waals surface area contributed by atoms with Crippen LogP contribution in [0.3, 0.4) is 0 Å². The number of aromatic nitrogens is 1. The summed E-state index contributed by atoms with van der Waals surface area (Å²) in [5.74, 6) is -1.12. The third-order valence-electron chi connectivity index (χ3n) is 2.83. The lowest BCUT2D eigenvalue weighted by molar-refractivity contribution is -0.137. The molecular weight excluding hydrogens is 259 g/mol. The van der Waals surface area contributed by atoms with Gasteiger partial charge in [-0.3, -0.25) is 0 Å². The van der Waals surface area contributed by atoms with Gasteiger partial charge in [0.1, 0.15) is 5.69 Å². The average Bonchev–Trinajstić information content (AvgIpc) is 2.70. The molecule has 0 saturated carbocycles. The molecule has 0 aliphatic carbocycles. The molecule has 0 spiro atoms. The fourth-order valence-electron chi connectivity index (χ4n) is 1.87. The van der Waals surface area contributed by atoms with Gasteiger partial charge in [-0.2, -0.15) is 13.2 Å². The number of alkyl halides is 3. The molecule has 100 valence electrons. The number of halogens is 3. The zero-order valence-electron chi connectivity index (χ0n) is 9.90. The van der Waals surface area contributed by atoms with Gasteiger partial charge in [0.05, 0.1) is 5.56 Å². The molecule has 2 rings (SSSR count). The van der Waals surface area contributed by atoms with Gasteiger partial charge in [-0.1, -0.05) is 12.1 Å². The largest absolute Gasteiger partial charge is 0.477 e. The molecule has 0 radical (unpaired) electrons. The normalized spacial score (nSPS) is 11.6. The Hall–Kier alpha value is -2.24. The summed E-state index contributed by atoms with van der Waals surface area (Å²) in [6, 6.07) is 7.63. The first-order chi connectivity index (χ1) is 8.80. The predicted molar refractivity (Wildman–Crippen MR) is 62.8 cm³/mol. The first-order valence-corrected chi connectivity index (χ1v) is 5.37. The van der Waals surface area contributed by atoms with Crippen molar-refractivity contribution < 1.29 is 23.1 Å². The highest BCUT2D eigenvalue weighted by atomic mass is 19.4. The van der Waals surface area contributed by atoms with Crippen molar-refractivity contribution >= 4 is 5.97 Å². The standard InChI is InChI=1S/C13H10F3NO2/c1-17-10(5-6-11(17)12(18)19)8-3-2-4-9(7-8)13(14,15)16/h2-7H,1H3,(H,18,19). The second kappa shape index (κ2) is 4.46. The number of rotatable bonds is 2. The molecule has 0 aliphatic rings. The second-order valence-corrected chi connectivity index (χ2v) is 4.05. The Morgan fingerprint density at radius 2 is 1.89 bits per heavy atom. The van der Waals surface area contributed by atoms with Crippen molar-refractivity contribution in [1.29, 1.82) is 0 Å². The Balaban J connectivity index is 2.51. The summed E-state index contributed by atoms with van der Waals surface area (Å²) in [5, 5.41) is 8.91. The topological polar surface area (TPSA) is 42.2 Å². The minimum Gasteiger partial charge on any atom is -0.477 e. The number of carboxylic acids is 1. The quantitative estimate of drug-likeness (QED) is 0.907. The number of carbonyl (C=O) groups is 1. The minimum absolute atomic E-state index is 0.0208. The van der Waals surface area contributed by atoms with Gasteiger partial charge in [-0.25, -0.2) is 4.79 Å². The summed E-state index contributed by atoms with van der Waals surface area (Å²) >= 11 is 0. The van der Waals surface area contributed by atoms with E-state index in [0.29, 0.717) is 11.3 Å². The van der Waals surface area contributed by atoms with Crippen LogP contribution in [0.1, 0.15) is 16.1 Å². The third kappa shape index (κ3) is 2.47. The molecule has 2 aromatic rings. The van der Waals surface area contributed by atoms with Gasteiger partial charge < -0.3 is 9.67 Å². The Morgan fingerprint density at radius 1 is 1.21 bits per heavy atom. The highest BCUT2D eigenvalue weighted by Gasteiger charge is 2.30. The zero-order chi connectivity index (χ0) is 14.2. The number of benzene rings is 1. The van der Waals surface area contributed by atoms with E-state index in [-0.39, 0.29) is 5.69 Å². The molecule has 1 heterocycles. The van der Waals surface area contributed by atoms with Crippen LogP contribution in [-0.4, -0.2) is 15.6 Å². The third-order valence-corrected chi connectivity index (χ3v) is 2.83. The van der Waals surface area contributed by atoms with Gasteiger partial charge in [0, 0.05) is 12.7 Å². The van der Waals surface area contributed by atoms with Gasteiger partial charge in [-0.15, -0.1) is 0 Å². The molecule has 0 saturated heterocycles. The van der Waals surface area contributed by atoms with Crippen LogP contribution in [0.25, 0.3) is 11.3 Å². The highest BCUT2D eigenvalue weighted by molar-refractivity contribution is 5.87. The van der Waals surface area contributed by atoms with Crippen molar-refractivity contribution in [2.24, 2.45) is 7.05 Å². The number of carboxylic acid groups (broad SMARTS) is 1. The van der Waals surface area contributed by atoms with Crippen LogP contribution in [0.15, 0.2) is 36.4 Å². The lowest BCUT2D eigenvalue weighted by Gasteiger charge is -2.10. The van der Waals surface area contributed by atoms with E-state index in [1.807, 2.05) is 0 Å². The summed E-state index contributed by atoms with van der Waals surface area (Å²) in [5.41, 5.74) is 0.00353. The summed E-state index contributed by atoms with van der Waals surface area (Å²) in [6.45, 7) is 0. The maximum atomic E-state index is 12.6.